The van der Waals surface area contributed by atoms with Gasteiger partial charge in [-0.1, -0.05) is 24.3 Å². The minimum absolute atomic E-state index is 0.896. The van der Waals surface area contributed by atoms with Gasteiger partial charge in [-0.05, 0) is 51.0 Å². The third kappa shape index (κ3) is 4.95. The van der Waals surface area contributed by atoms with Crippen LogP contribution < -0.4 is 0 Å². The van der Waals surface area contributed by atoms with Crippen molar-refractivity contribution in [1.82, 2.24) is 19.6 Å². The summed E-state index contributed by atoms with van der Waals surface area (Å²) in [4.78, 5) is 0. The number of benzene rings is 1. The maximum Gasteiger partial charge on any atom is 0.0869 e. The van der Waals surface area contributed by atoms with Crippen LogP contribution in [0.15, 0.2) is 36.4 Å². The molecule has 3 aromatic rings. The molecule has 0 aliphatic carbocycles. The van der Waals surface area contributed by atoms with Gasteiger partial charge in [0.15, 0.2) is 0 Å². The van der Waals surface area contributed by atoms with E-state index in [0.717, 1.165) is 34.6 Å². The summed E-state index contributed by atoms with van der Waals surface area (Å²) < 4.78 is 4.17. The largest absolute Gasteiger partial charge is 0.260 e. The first-order valence-corrected chi connectivity index (χ1v) is 11.1. The third-order valence-electron chi connectivity index (χ3n) is 4.27. The Labute approximate surface area is 164 Å². The van der Waals surface area contributed by atoms with Crippen molar-refractivity contribution in [1.29, 1.82) is 0 Å². The topological polar surface area (TPSA) is 35.6 Å². The van der Waals surface area contributed by atoms with Gasteiger partial charge >= 0.3 is 0 Å². The Bertz CT molecular complexity index is 795. The van der Waals surface area contributed by atoms with Crippen molar-refractivity contribution < 1.29 is 0 Å². The molecule has 138 valence electrons. The summed E-state index contributed by atoms with van der Waals surface area (Å²) in [7, 11) is 0. The fraction of sp³-hybridized carbons (Fsp3) is 0.400. The molecular formula is C20H26N4S2. The number of hydrogen-bond donors (Lipinski definition) is 0. The summed E-state index contributed by atoms with van der Waals surface area (Å²) in [6.45, 7) is 8.32. The molecular weight excluding hydrogens is 360 g/mol. The number of aryl methyl sites for hydroxylation is 4. The van der Waals surface area contributed by atoms with Gasteiger partial charge < -0.3 is 0 Å². The number of thioether (sulfide) groups is 2. The van der Waals surface area contributed by atoms with Crippen LogP contribution in [-0.2, 0) is 23.3 Å². The van der Waals surface area contributed by atoms with Crippen molar-refractivity contribution in [2.45, 2.75) is 51.0 Å². The highest BCUT2D eigenvalue weighted by atomic mass is 32.2. The summed E-state index contributed by atoms with van der Waals surface area (Å²) in [6, 6.07) is 13.0. The van der Waals surface area contributed by atoms with E-state index in [1.807, 2.05) is 37.4 Å². The lowest BCUT2D eigenvalue weighted by Crippen LogP contribution is -2.01. The second kappa shape index (κ2) is 8.82. The first-order chi connectivity index (χ1) is 12.5. The Morgan fingerprint density at radius 2 is 1.15 bits per heavy atom. The molecule has 6 heteroatoms. The van der Waals surface area contributed by atoms with Crippen LogP contribution in [0.2, 0.25) is 0 Å². The van der Waals surface area contributed by atoms with Gasteiger partial charge in [-0.2, -0.15) is 10.2 Å². The predicted octanol–water partition coefficient (Wildman–Crippen LogP) is 5.10. The number of hydrogen-bond acceptors (Lipinski definition) is 4. The minimum Gasteiger partial charge on any atom is -0.260 e. The van der Waals surface area contributed by atoms with Crippen molar-refractivity contribution in [3.05, 3.63) is 70.3 Å². The Morgan fingerprint density at radius 3 is 1.50 bits per heavy atom. The zero-order valence-electron chi connectivity index (χ0n) is 15.9. The lowest BCUT2D eigenvalue weighted by atomic mass is 10.1. The van der Waals surface area contributed by atoms with Crippen LogP contribution in [0.1, 0.15) is 33.9 Å². The quantitative estimate of drug-likeness (QED) is 0.540. The smallest absolute Gasteiger partial charge is 0.0869 e. The third-order valence-corrected chi connectivity index (χ3v) is 6.15. The first kappa shape index (κ1) is 19.1. The van der Waals surface area contributed by atoms with Crippen molar-refractivity contribution in [3.8, 4) is 0 Å². The Morgan fingerprint density at radius 1 is 0.731 bits per heavy atom. The van der Waals surface area contributed by atoms with E-state index in [9.17, 15) is 0 Å². The average Bonchev–Trinajstić information content (AvgIpc) is 3.09. The second-order valence-electron chi connectivity index (χ2n) is 6.58. The van der Waals surface area contributed by atoms with Crippen LogP contribution in [0.25, 0.3) is 0 Å². The molecule has 0 saturated heterocycles. The van der Waals surface area contributed by atoms with E-state index in [0.29, 0.717) is 0 Å². The van der Waals surface area contributed by atoms with Gasteiger partial charge in [-0.3, -0.25) is 9.36 Å². The molecule has 0 fully saturated rings. The molecule has 0 bridgehead atoms. The lowest BCUT2D eigenvalue weighted by Gasteiger charge is -2.10. The minimum atomic E-state index is 0.896. The van der Waals surface area contributed by atoms with Gasteiger partial charge in [0.2, 0.25) is 0 Å². The molecule has 0 spiro atoms. The van der Waals surface area contributed by atoms with E-state index in [1.54, 1.807) is 0 Å². The van der Waals surface area contributed by atoms with Crippen LogP contribution in [0.4, 0.5) is 0 Å². The SMILES string of the molecule is Cc1cc(C)n(CSCc2ccccc2CSCn2nc(C)cc2C)n1. The van der Waals surface area contributed by atoms with E-state index >= 15 is 0 Å². The monoisotopic (exact) mass is 386 g/mol. The fourth-order valence-corrected chi connectivity index (χ4v) is 4.99. The molecule has 26 heavy (non-hydrogen) atoms. The van der Waals surface area contributed by atoms with Gasteiger partial charge in [0.25, 0.3) is 0 Å². The highest BCUT2D eigenvalue weighted by molar-refractivity contribution is 7.97. The molecule has 2 heterocycles. The maximum absolute atomic E-state index is 4.54. The van der Waals surface area contributed by atoms with E-state index in [4.69, 9.17) is 0 Å². The van der Waals surface area contributed by atoms with Gasteiger partial charge in [0.05, 0.1) is 23.1 Å². The van der Waals surface area contributed by atoms with Crippen molar-refractivity contribution in [3.63, 3.8) is 0 Å². The molecule has 1 aromatic carbocycles. The van der Waals surface area contributed by atoms with Gasteiger partial charge in [-0.25, -0.2) is 0 Å². The van der Waals surface area contributed by atoms with Crippen molar-refractivity contribution in [2.75, 3.05) is 0 Å². The van der Waals surface area contributed by atoms with E-state index in [1.165, 1.54) is 22.5 Å². The maximum atomic E-state index is 4.54. The van der Waals surface area contributed by atoms with Crippen molar-refractivity contribution >= 4 is 23.5 Å². The molecule has 2 aromatic heterocycles. The molecule has 0 amide bonds. The molecule has 0 aliphatic heterocycles. The Kier molecular flexibility index (Phi) is 6.48. The first-order valence-electron chi connectivity index (χ1n) is 8.77. The lowest BCUT2D eigenvalue weighted by molar-refractivity contribution is 0.715. The highest BCUT2D eigenvalue weighted by Gasteiger charge is 2.06. The van der Waals surface area contributed by atoms with Crippen LogP contribution in [0.5, 0.6) is 0 Å². The molecule has 0 N–H and O–H groups in total. The Hall–Kier alpha value is -1.66. The fourth-order valence-electron chi connectivity index (χ4n) is 2.93. The summed E-state index contributed by atoms with van der Waals surface area (Å²) in [5.41, 5.74) is 7.46. The number of nitrogens with zero attached hydrogens (tertiary/aromatic N) is 4. The average molecular weight is 387 g/mol. The van der Waals surface area contributed by atoms with E-state index in [-0.39, 0.29) is 0 Å². The molecule has 4 nitrogen and oxygen atoms in total. The van der Waals surface area contributed by atoms with Crippen LogP contribution in [0, 0.1) is 27.7 Å². The summed E-state index contributed by atoms with van der Waals surface area (Å²) in [5, 5.41) is 9.08. The number of rotatable bonds is 8. The molecule has 0 radical (unpaired) electrons. The van der Waals surface area contributed by atoms with Crippen LogP contribution in [-0.4, -0.2) is 19.6 Å². The Balaban J connectivity index is 1.54. The van der Waals surface area contributed by atoms with Gasteiger partial charge in [-0.15, -0.1) is 23.5 Å². The van der Waals surface area contributed by atoms with Crippen molar-refractivity contribution in [2.24, 2.45) is 0 Å². The molecule has 0 saturated carbocycles. The predicted molar refractivity (Wildman–Crippen MR) is 112 cm³/mol. The standard InChI is InChI=1S/C20H26N4S2/c1-15-9-17(3)23(21-15)13-25-11-19-7-5-6-8-20(19)12-26-14-24-18(4)10-16(2)22-24/h5-10H,11-14H2,1-4H3. The number of aromatic nitrogens is 4. The van der Waals surface area contributed by atoms with Crippen LogP contribution in [0.3, 0.4) is 0 Å². The summed E-state index contributed by atoms with van der Waals surface area (Å²) in [6.07, 6.45) is 0. The summed E-state index contributed by atoms with van der Waals surface area (Å²) in [5.74, 6) is 3.81. The van der Waals surface area contributed by atoms with Crippen LogP contribution >= 0.6 is 23.5 Å². The molecule has 0 aliphatic rings. The molecule has 0 atom stereocenters. The zero-order valence-corrected chi connectivity index (χ0v) is 17.5. The highest BCUT2D eigenvalue weighted by Crippen LogP contribution is 2.23. The normalized spacial score (nSPS) is 11.2. The van der Waals surface area contributed by atoms with Gasteiger partial charge in [0, 0.05) is 22.9 Å². The summed E-state index contributed by atoms with van der Waals surface area (Å²) >= 11 is 3.82. The zero-order chi connectivity index (χ0) is 18.5. The van der Waals surface area contributed by atoms with E-state index in [2.05, 4.69) is 69.8 Å². The second-order valence-corrected chi connectivity index (χ2v) is 8.49. The van der Waals surface area contributed by atoms with E-state index < -0.39 is 0 Å². The molecule has 3 rings (SSSR count). The molecule has 0 unspecified atom stereocenters. The van der Waals surface area contributed by atoms with Gasteiger partial charge in [0.1, 0.15) is 0 Å².